The molecule has 0 saturated heterocycles. The Morgan fingerprint density at radius 3 is 2.67 bits per heavy atom. The van der Waals surface area contributed by atoms with E-state index in [1.54, 1.807) is 25.4 Å². The second-order valence-corrected chi connectivity index (χ2v) is 8.31. The van der Waals surface area contributed by atoms with Crippen molar-refractivity contribution in [3.8, 4) is 5.75 Å². The van der Waals surface area contributed by atoms with Crippen molar-refractivity contribution in [2.75, 3.05) is 19.4 Å². The zero-order valence-electron chi connectivity index (χ0n) is 19.4. The monoisotopic (exact) mass is 446 g/mol. The molecule has 0 amide bonds. The molecule has 1 aromatic heterocycles. The SMILES string of the molecule is C=C(Cc1cccc(C[C@@H](C)NC[C@H](O)c2ccc(N)nc2)c1)NCc1ccccc1OC. The number of aliphatic hydroxyl groups excluding tert-OH is 1. The van der Waals surface area contributed by atoms with Gasteiger partial charge in [0.1, 0.15) is 11.6 Å². The van der Waals surface area contributed by atoms with E-state index in [0.717, 1.165) is 35.4 Å². The van der Waals surface area contributed by atoms with E-state index in [1.165, 1.54) is 11.1 Å². The molecule has 0 aliphatic carbocycles. The van der Waals surface area contributed by atoms with Gasteiger partial charge in [0.25, 0.3) is 0 Å². The van der Waals surface area contributed by atoms with Crippen LogP contribution in [-0.2, 0) is 19.4 Å². The summed E-state index contributed by atoms with van der Waals surface area (Å²) in [5.41, 5.74) is 10.9. The Balaban J connectivity index is 1.47. The number of rotatable bonds is 12. The van der Waals surface area contributed by atoms with E-state index in [4.69, 9.17) is 10.5 Å². The minimum Gasteiger partial charge on any atom is -0.496 e. The molecule has 0 spiro atoms. The highest BCUT2D eigenvalue weighted by molar-refractivity contribution is 5.34. The smallest absolute Gasteiger partial charge is 0.123 e. The normalized spacial score (nSPS) is 12.7. The third kappa shape index (κ3) is 7.63. The standard InChI is InChI=1S/C27H34N4O2/c1-19(29-17-24-9-4-5-10-26(24)33-3)13-21-7-6-8-22(15-21)14-20(2)30-18-25(32)23-11-12-27(28)31-16-23/h4-12,15-16,20,25,29-30,32H,1,13-14,17-18H2,2-3H3,(H2,28,31)/t20-,25+/m1/s1. The predicted molar refractivity (Wildman–Crippen MR) is 134 cm³/mol. The topological polar surface area (TPSA) is 92.4 Å². The number of allylic oxidation sites excluding steroid dienone is 1. The molecule has 0 radical (unpaired) electrons. The molecule has 3 rings (SSSR count). The number of ether oxygens (including phenoxy) is 1. The number of nitrogen functional groups attached to an aromatic ring is 1. The number of nitrogens with one attached hydrogen (secondary N) is 2. The lowest BCUT2D eigenvalue weighted by atomic mass is 10.0. The Morgan fingerprint density at radius 2 is 1.91 bits per heavy atom. The number of nitrogens with two attached hydrogens (primary N) is 1. The number of hydrogen-bond donors (Lipinski definition) is 4. The van der Waals surface area contributed by atoms with Crippen molar-refractivity contribution < 1.29 is 9.84 Å². The number of methoxy groups -OCH3 is 1. The molecule has 0 aliphatic heterocycles. The Labute approximate surface area is 196 Å². The van der Waals surface area contributed by atoms with Crippen molar-refractivity contribution in [2.45, 2.75) is 38.5 Å². The fraction of sp³-hybridized carbons (Fsp3) is 0.296. The van der Waals surface area contributed by atoms with Gasteiger partial charge in [0.15, 0.2) is 0 Å². The first-order valence-electron chi connectivity index (χ1n) is 11.2. The number of anilines is 1. The largest absolute Gasteiger partial charge is 0.496 e. The maximum atomic E-state index is 10.4. The molecule has 2 atom stereocenters. The van der Waals surface area contributed by atoms with Crippen molar-refractivity contribution >= 4 is 5.82 Å². The first kappa shape index (κ1) is 24.3. The molecule has 0 fully saturated rings. The molecular formula is C27H34N4O2. The molecule has 174 valence electrons. The Hall–Kier alpha value is -3.35. The van der Waals surface area contributed by atoms with E-state index in [1.807, 2.05) is 18.2 Å². The molecule has 33 heavy (non-hydrogen) atoms. The first-order valence-corrected chi connectivity index (χ1v) is 11.2. The zero-order valence-corrected chi connectivity index (χ0v) is 19.4. The summed E-state index contributed by atoms with van der Waals surface area (Å²) in [6, 6.07) is 20.3. The molecule has 0 unspecified atom stereocenters. The maximum Gasteiger partial charge on any atom is 0.123 e. The fourth-order valence-corrected chi connectivity index (χ4v) is 3.71. The van der Waals surface area contributed by atoms with Crippen LogP contribution in [-0.4, -0.2) is 29.8 Å². The van der Waals surface area contributed by atoms with Gasteiger partial charge in [-0.25, -0.2) is 4.98 Å². The molecule has 5 N–H and O–H groups in total. The lowest BCUT2D eigenvalue weighted by molar-refractivity contribution is 0.170. The summed E-state index contributed by atoms with van der Waals surface area (Å²) in [7, 11) is 1.69. The number of pyridine rings is 1. The van der Waals surface area contributed by atoms with Gasteiger partial charge < -0.3 is 26.2 Å². The van der Waals surface area contributed by atoms with Crippen LogP contribution in [0.15, 0.2) is 79.1 Å². The molecule has 0 bridgehead atoms. The highest BCUT2D eigenvalue weighted by atomic mass is 16.5. The van der Waals surface area contributed by atoms with Crippen molar-refractivity contribution in [2.24, 2.45) is 0 Å². The van der Waals surface area contributed by atoms with E-state index in [0.29, 0.717) is 18.9 Å². The predicted octanol–water partition coefficient (Wildman–Crippen LogP) is 3.77. The van der Waals surface area contributed by atoms with Crippen LogP contribution in [0.5, 0.6) is 5.75 Å². The Kier molecular flexibility index (Phi) is 8.87. The summed E-state index contributed by atoms with van der Waals surface area (Å²) in [5.74, 6) is 1.32. The summed E-state index contributed by atoms with van der Waals surface area (Å²) >= 11 is 0. The number of hydrogen-bond acceptors (Lipinski definition) is 6. The molecular weight excluding hydrogens is 412 g/mol. The summed E-state index contributed by atoms with van der Waals surface area (Å²) in [4.78, 5) is 4.04. The highest BCUT2D eigenvalue weighted by Crippen LogP contribution is 2.18. The van der Waals surface area contributed by atoms with E-state index in [-0.39, 0.29) is 6.04 Å². The maximum absolute atomic E-state index is 10.4. The molecule has 6 nitrogen and oxygen atoms in total. The van der Waals surface area contributed by atoms with Gasteiger partial charge in [-0.05, 0) is 36.6 Å². The molecule has 2 aromatic carbocycles. The minimum atomic E-state index is -0.621. The van der Waals surface area contributed by atoms with Crippen LogP contribution in [0, 0.1) is 0 Å². The summed E-state index contributed by atoms with van der Waals surface area (Å²) in [6.45, 7) is 7.44. The van der Waals surface area contributed by atoms with Crippen LogP contribution in [0.2, 0.25) is 0 Å². The van der Waals surface area contributed by atoms with Crippen LogP contribution in [0.1, 0.15) is 35.3 Å². The lowest BCUT2D eigenvalue weighted by Gasteiger charge is -2.18. The number of aliphatic hydroxyl groups is 1. The van der Waals surface area contributed by atoms with Crippen LogP contribution in [0.25, 0.3) is 0 Å². The summed E-state index contributed by atoms with van der Waals surface area (Å²) in [6.07, 6.45) is 2.62. The second-order valence-electron chi connectivity index (χ2n) is 8.31. The van der Waals surface area contributed by atoms with Crippen molar-refractivity contribution in [3.05, 3.63) is 101 Å². The Bertz CT molecular complexity index is 1040. The number of nitrogens with zero attached hydrogens (tertiary/aromatic N) is 1. The van der Waals surface area contributed by atoms with Gasteiger partial charge >= 0.3 is 0 Å². The second kappa shape index (κ2) is 12.0. The van der Waals surface area contributed by atoms with E-state index < -0.39 is 6.10 Å². The van der Waals surface area contributed by atoms with Gasteiger partial charge in [-0.2, -0.15) is 0 Å². The highest BCUT2D eigenvalue weighted by Gasteiger charge is 2.11. The number of benzene rings is 2. The van der Waals surface area contributed by atoms with Crippen LogP contribution < -0.4 is 21.1 Å². The first-order chi connectivity index (χ1) is 15.9. The van der Waals surface area contributed by atoms with Crippen molar-refractivity contribution in [3.63, 3.8) is 0 Å². The van der Waals surface area contributed by atoms with Crippen molar-refractivity contribution in [1.29, 1.82) is 0 Å². The quantitative estimate of drug-likeness (QED) is 0.338. The zero-order chi connectivity index (χ0) is 23.6. The van der Waals surface area contributed by atoms with Gasteiger partial charge in [-0.3, -0.25) is 0 Å². The Morgan fingerprint density at radius 1 is 1.12 bits per heavy atom. The number of aromatic nitrogens is 1. The van der Waals surface area contributed by atoms with Gasteiger partial charge in [-0.15, -0.1) is 0 Å². The van der Waals surface area contributed by atoms with Gasteiger partial charge in [0.2, 0.25) is 0 Å². The van der Waals surface area contributed by atoms with Crippen LogP contribution >= 0.6 is 0 Å². The third-order valence-corrected chi connectivity index (χ3v) is 5.53. The summed E-state index contributed by atoms with van der Waals surface area (Å²) in [5, 5.41) is 17.2. The van der Waals surface area contributed by atoms with Gasteiger partial charge in [-0.1, -0.05) is 55.1 Å². The van der Waals surface area contributed by atoms with Gasteiger partial charge in [0, 0.05) is 48.6 Å². The molecule has 6 heteroatoms. The van der Waals surface area contributed by atoms with E-state index in [2.05, 4.69) is 59.5 Å². The van der Waals surface area contributed by atoms with Gasteiger partial charge in [0.05, 0.1) is 13.2 Å². The van der Waals surface area contributed by atoms with E-state index in [9.17, 15) is 5.11 Å². The molecule has 3 aromatic rings. The molecule has 0 aliphatic rings. The average Bonchev–Trinajstić information content (AvgIpc) is 2.82. The van der Waals surface area contributed by atoms with E-state index >= 15 is 0 Å². The minimum absolute atomic E-state index is 0.212. The number of para-hydroxylation sites is 1. The third-order valence-electron chi connectivity index (χ3n) is 5.53. The molecule has 1 heterocycles. The summed E-state index contributed by atoms with van der Waals surface area (Å²) < 4.78 is 5.41. The van der Waals surface area contributed by atoms with Crippen LogP contribution in [0.4, 0.5) is 5.82 Å². The lowest BCUT2D eigenvalue weighted by Crippen LogP contribution is -2.32. The fourth-order valence-electron chi connectivity index (χ4n) is 3.71. The average molecular weight is 447 g/mol. The molecule has 0 saturated carbocycles. The van der Waals surface area contributed by atoms with Crippen molar-refractivity contribution in [1.82, 2.24) is 15.6 Å². The van der Waals surface area contributed by atoms with Crippen LogP contribution in [0.3, 0.4) is 0 Å².